The predicted octanol–water partition coefficient (Wildman–Crippen LogP) is 2.58. The highest BCUT2D eigenvalue weighted by Gasteiger charge is 2.28. The van der Waals surface area contributed by atoms with Gasteiger partial charge in [-0.15, -0.1) is 0 Å². The van der Waals surface area contributed by atoms with Crippen LogP contribution in [0.3, 0.4) is 0 Å². The first-order valence-corrected chi connectivity index (χ1v) is 9.77. The molecule has 2 aromatic carbocycles. The van der Waals surface area contributed by atoms with E-state index in [0.29, 0.717) is 31.0 Å². The fourth-order valence-corrected chi connectivity index (χ4v) is 3.95. The number of nitrogens with two attached hydrogens (primary N) is 1. The summed E-state index contributed by atoms with van der Waals surface area (Å²) in [6.07, 6.45) is 2.45. The Balaban J connectivity index is 1.46. The Morgan fingerprint density at radius 2 is 1.89 bits per heavy atom. The van der Waals surface area contributed by atoms with E-state index in [9.17, 15) is 9.59 Å². The summed E-state index contributed by atoms with van der Waals surface area (Å²) in [4.78, 5) is 27.3. The van der Waals surface area contributed by atoms with Crippen LogP contribution >= 0.6 is 0 Å². The lowest BCUT2D eigenvalue weighted by Gasteiger charge is -2.26. The molecule has 0 radical (unpaired) electrons. The van der Waals surface area contributed by atoms with Crippen LogP contribution in [0.5, 0.6) is 0 Å². The van der Waals surface area contributed by atoms with Crippen molar-refractivity contribution in [3.8, 4) is 0 Å². The number of rotatable bonds is 4. The minimum absolute atomic E-state index is 0.0604. The van der Waals surface area contributed by atoms with E-state index in [1.807, 2.05) is 18.2 Å². The molecule has 2 heterocycles. The van der Waals surface area contributed by atoms with Crippen LogP contribution in [0.25, 0.3) is 0 Å². The molecule has 6 nitrogen and oxygen atoms in total. The van der Waals surface area contributed by atoms with Gasteiger partial charge in [0, 0.05) is 36.7 Å². The second-order valence-corrected chi connectivity index (χ2v) is 7.38. The van der Waals surface area contributed by atoms with Gasteiger partial charge in [-0.1, -0.05) is 24.3 Å². The highest BCUT2D eigenvalue weighted by Crippen LogP contribution is 2.29. The molecule has 1 unspecified atom stereocenters. The van der Waals surface area contributed by atoms with Crippen LogP contribution in [0, 0.1) is 5.92 Å². The van der Waals surface area contributed by atoms with Crippen molar-refractivity contribution >= 4 is 23.2 Å². The number of benzene rings is 2. The second kappa shape index (κ2) is 8.12. The maximum absolute atomic E-state index is 13.0. The Morgan fingerprint density at radius 1 is 1.11 bits per heavy atom. The fourth-order valence-electron chi connectivity index (χ4n) is 3.95. The van der Waals surface area contributed by atoms with Gasteiger partial charge in [-0.3, -0.25) is 9.59 Å². The van der Waals surface area contributed by atoms with Crippen molar-refractivity contribution in [2.24, 2.45) is 11.7 Å². The van der Waals surface area contributed by atoms with E-state index >= 15 is 0 Å². The van der Waals surface area contributed by atoms with Gasteiger partial charge in [-0.05, 0) is 55.0 Å². The summed E-state index contributed by atoms with van der Waals surface area (Å²) < 4.78 is 5.33. The molecular formula is C22H25N3O3. The van der Waals surface area contributed by atoms with Gasteiger partial charge < -0.3 is 20.7 Å². The highest BCUT2D eigenvalue weighted by atomic mass is 16.5. The van der Waals surface area contributed by atoms with E-state index in [2.05, 4.69) is 11.4 Å². The molecule has 4 rings (SSSR count). The highest BCUT2D eigenvalue weighted by molar-refractivity contribution is 6.08. The first-order valence-electron chi connectivity index (χ1n) is 9.77. The number of para-hydroxylation sites is 1. The Bertz CT molecular complexity index is 877. The smallest absolute Gasteiger partial charge is 0.258 e. The number of anilines is 2. The van der Waals surface area contributed by atoms with Crippen LogP contribution in [-0.2, 0) is 16.0 Å². The Hall–Kier alpha value is -2.70. The first kappa shape index (κ1) is 18.7. The molecule has 0 saturated carbocycles. The lowest BCUT2D eigenvalue weighted by atomic mass is 9.92. The summed E-state index contributed by atoms with van der Waals surface area (Å²) in [6.45, 7) is 1.96. The van der Waals surface area contributed by atoms with E-state index in [-0.39, 0.29) is 17.7 Å². The van der Waals surface area contributed by atoms with Crippen molar-refractivity contribution in [3.05, 3.63) is 59.7 Å². The average molecular weight is 379 g/mol. The quantitative estimate of drug-likeness (QED) is 0.855. The first-order chi connectivity index (χ1) is 13.6. The van der Waals surface area contributed by atoms with E-state index in [0.717, 1.165) is 24.9 Å². The van der Waals surface area contributed by atoms with E-state index in [1.165, 1.54) is 5.56 Å². The van der Waals surface area contributed by atoms with Gasteiger partial charge in [0.2, 0.25) is 5.91 Å². The summed E-state index contributed by atoms with van der Waals surface area (Å²) in [7, 11) is 0. The van der Waals surface area contributed by atoms with Crippen molar-refractivity contribution < 1.29 is 14.3 Å². The van der Waals surface area contributed by atoms with Gasteiger partial charge in [-0.25, -0.2) is 0 Å². The molecule has 3 N–H and O–H groups in total. The number of carbonyl (C=O) groups is 2. The van der Waals surface area contributed by atoms with E-state index in [1.54, 1.807) is 29.2 Å². The Morgan fingerprint density at radius 3 is 2.71 bits per heavy atom. The molecule has 28 heavy (non-hydrogen) atoms. The molecule has 146 valence electrons. The predicted molar refractivity (Wildman–Crippen MR) is 108 cm³/mol. The number of hydrogen-bond acceptors (Lipinski definition) is 4. The van der Waals surface area contributed by atoms with Gasteiger partial charge in [0.15, 0.2) is 0 Å². The molecule has 0 aromatic heterocycles. The monoisotopic (exact) mass is 379 g/mol. The largest absolute Gasteiger partial charge is 0.381 e. The van der Waals surface area contributed by atoms with E-state index in [4.69, 9.17) is 10.5 Å². The Labute approximate surface area is 164 Å². The minimum Gasteiger partial charge on any atom is -0.381 e. The van der Waals surface area contributed by atoms with Crippen LogP contribution in [0.2, 0.25) is 0 Å². The van der Waals surface area contributed by atoms with Crippen molar-refractivity contribution in [1.82, 2.24) is 0 Å². The molecule has 6 heteroatoms. The van der Waals surface area contributed by atoms with Gasteiger partial charge in [0.1, 0.15) is 0 Å². The summed E-state index contributed by atoms with van der Waals surface area (Å²) in [5.41, 5.74) is 9.43. The third-order valence-corrected chi connectivity index (χ3v) is 5.59. The number of fused-ring (bicyclic) bond motifs is 1. The standard InChI is InChI=1S/C22H25N3O3/c23-20(16-9-12-28-13-10-16)21(26)24-18-6-3-5-17(14-18)22(27)25-11-8-15-4-1-2-7-19(15)25/h1-7,14,16,20H,8-13,23H2,(H,24,26). The normalized spacial score (nSPS) is 17.8. The second-order valence-electron chi connectivity index (χ2n) is 7.38. The molecule has 1 fully saturated rings. The third kappa shape index (κ3) is 3.79. The lowest BCUT2D eigenvalue weighted by Crippen LogP contribution is -2.44. The summed E-state index contributed by atoms with van der Waals surface area (Å²) in [5, 5.41) is 2.87. The molecule has 0 bridgehead atoms. The van der Waals surface area contributed by atoms with Crippen LogP contribution in [0.1, 0.15) is 28.8 Å². The third-order valence-electron chi connectivity index (χ3n) is 5.59. The zero-order valence-electron chi connectivity index (χ0n) is 15.8. The number of nitrogens with one attached hydrogen (secondary N) is 1. The zero-order chi connectivity index (χ0) is 19.5. The maximum atomic E-state index is 13.0. The van der Waals surface area contributed by atoms with Gasteiger partial charge in [0.05, 0.1) is 6.04 Å². The molecule has 2 aromatic rings. The average Bonchev–Trinajstić information content (AvgIpc) is 3.17. The van der Waals surface area contributed by atoms with Crippen molar-refractivity contribution in [3.63, 3.8) is 0 Å². The fraction of sp³-hybridized carbons (Fsp3) is 0.364. The Kier molecular flexibility index (Phi) is 5.41. The number of carbonyl (C=O) groups excluding carboxylic acids is 2. The van der Waals surface area contributed by atoms with Crippen LogP contribution in [0.15, 0.2) is 48.5 Å². The zero-order valence-corrected chi connectivity index (χ0v) is 15.8. The molecule has 1 atom stereocenters. The van der Waals surface area contributed by atoms with Gasteiger partial charge in [-0.2, -0.15) is 0 Å². The van der Waals surface area contributed by atoms with Crippen molar-refractivity contribution in [1.29, 1.82) is 0 Å². The van der Waals surface area contributed by atoms with E-state index < -0.39 is 6.04 Å². The summed E-state index contributed by atoms with van der Waals surface area (Å²) >= 11 is 0. The number of hydrogen-bond donors (Lipinski definition) is 2. The number of ether oxygens (including phenoxy) is 1. The summed E-state index contributed by atoms with van der Waals surface area (Å²) in [5.74, 6) is -0.155. The molecule has 2 aliphatic rings. The minimum atomic E-state index is -0.575. The molecule has 0 spiro atoms. The van der Waals surface area contributed by atoms with Crippen molar-refractivity contribution in [2.45, 2.75) is 25.3 Å². The molecular weight excluding hydrogens is 354 g/mol. The van der Waals surface area contributed by atoms with Gasteiger partial charge in [0.25, 0.3) is 5.91 Å². The van der Waals surface area contributed by atoms with Gasteiger partial charge >= 0.3 is 0 Å². The number of nitrogens with zero attached hydrogens (tertiary/aromatic N) is 1. The molecule has 1 saturated heterocycles. The summed E-state index contributed by atoms with van der Waals surface area (Å²) in [6, 6.07) is 14.4. The molecule has 0 aliphatic carbocycles. The van der Waals surface area contributed by atoms with Crippen LogP contribution < -0.4 is 16.0 Å². The maximum Gasteiger partial charge on any atom is 0.258 e. The topological polar surface area (TPSA) is 84.7 Å². The number of amides is 2. The molecule has 2 aliphatic heterocycles. The molecule has 2 amide bonds. The lowest BCUT2D eigenvalue weighted by molar-refractivity contribution is -0.119. The SMILES string of the molecule is NC(C(=O)Nc1cccc(C(=O)N2CCc3ccccc32)c1)C1CCOCC1. The van der Waals surface area contributed by atoms with Crippen LogP contribution in [0.4, 0.5) is 11.4 Å². The van der Waals surface area contributed by atoms with Crippen LogP contribution in [-0.4, -0.2) is 37.6 Å². The van der Waals surface area contributed by atoms with Crippen molar-refractivity contribution in [2.75, 3.05) is 30.0 Å².